The predicted molar refractivity (Wildman–Crippen MR) is 91.1 cm³/mol. The van der Waals surface area contributed by atoms with Gasteiger partial charge in [0.15, 0.2) is 0 Å². The fraction of sp³-hybridized carbons (Fsp3) is 0.300. The molecule has 0 atom stereocenters. The zero-order chi connectivity index (χ0) is 15.7. The van der Waals surface area contributed by atoms with Crippen LogP contribution in [0.3, 0.4) is 0 Å². The summed E-state index contributed by atoms with van der Waals surface area (Å²) in [6, 6.07) is 20.4. The number of aliphatic hydroxyl groups is 1. The van der Waals surface area contributed by atoms with Crippen LogP contribution in [0.25, 0.3) is 11.0 Å². The first-order chi connectivity index (χ1) is 11.2. The van der Waals surface area contributed by atoms with Crippen molar-refractivity contribution in [1.29, 1.82) is 0 Å². The minimum Gasteiger partial charge on any atom is -0.458 e. The van der Waals surface area contributed by atoms with Crippen molar-refractivity contribution in [2.24, 2.45) is 0 Å². The quantitative estimate of drug-likeness (QED) is 0.797. The third kappa shape index (κ3) is 2.90. The summed E-state index contributed by atoms with van der Waals surface area (Å²) in [4.78, 5) is 2.40. The Morgan fingerprint density at radius 2 is 1.65 bits per heavy atom. The Hall–Kier alpha value is -2.10. The van der Waals surface area contributed by atoms with E-state index in [9.17, 15) is 5.11 Å². The number of hydrogen-bond acceptors (Lipinski definition) is 3. The van der Waals surface area contributed by atoms with Gasteiger partial charge in [-0.2, -0.15) is 0 Å². The van der Waals surface area contributed by atoms with E-state index in [0.29, 0.717) is 18.6 Å². The van der Waals surface area contributed by atoms with Crippen LogP contribution in [-0.4, -0.2) is 23.1 Å². The Kier molecular flexibility index (Phi) is 3.68. The minimum atomic E-state index is -0.841. The second-order valence-corrected chi connectivity index (χ2v) is 6.44. The standard InChI is InChI=1S/C20H21NO2/c22-20(19-14-17-8-4-5-9-18(17)23-19)10-12-21(13-11-20)15-16-6-2-1-3-7-16/h1-9,14,22H,10-13,15H2. The van der Waals surface area contributed by atoms with Crippen LogP contribution in [-0.2, 0) is 12.1 Å². The molecule has 23 heavy (non-hydrogen) atoms. The molecule has 0 amide bonds. The number of fused-ring (bicyclic) bond motifs is 1. The average Bonchev–Trinajstić information content (AvgIpc) is 3.03. The molecule has 1 saturated heterocycles. The molecular formula is C20H21NO2. The maximum absolute atomic E-state index is 11.0. The second-order valence-electron chi connectivity index (χ2n) is 6.44. The van der Waals surface area contributed by atoms with E-state index in [0.717, 1.165) is 30.6 Å². The van der Waals surface area contributed by atoms with Crippen LogP contribution in [0.5, 0.6) is 0 Å². The lowest BCUT2D eigenvalue weighted by atomic mass is 9.88. The molecule has 1 fully saturated rings. The molecule has 2 aromatic carbocycles. The molecule has 1 aliphatic rings. The summed E-state index contributed by atoms with van der Waals surface area (Å²) in [7, 11) is 0. The second kappa shape index (κ2) is 5.84. The molecule has 1 aliphatic heterocycles. The number of piperidine rings is 1. The molecule has 3 heteroatoms. The van der Waals surface area contributed by atoms with Crippen molar-refractivity contribution >= 4 is 11.0 Å². The maximum Gasteiger partial charge on any atom is 0.136 e. The number of rotatable bonds is 3. The van der Waals surface area contributed by atoms with Crippen LogP contribution in [0.1, 0.15) is 24.2 Å². The first-order valence-corrected chi connectivity index (χ1v) is 8.21. The van der Waals surface area contributed by atoms with Crippen LogP contribution >= 0.6 is 0 Å². The average molecular weight is 307 g/mol. The molecular weight excluding hydrogens is 286 g/mol. The Balaban J connectivity index is 1.47. The summed E-state index contributed by atoms with van der Waals surface area (Å²) in [6.07, 6.45) is 1.42. The molecule has 1 aromatic heterocycles. The van der Waals surface area contributed by atoms with Gasteiger partial charge >= 0.3 is 0 Å². The van der Waals surface area contributed by atoms with Gasteiger partial charge in [0.25, 0.3) is 0 Å². The Bertz CT molecular complexity index is 753. The number of para-hydroxylation sites is 1. The van der Waals surface area contributed by atoms with E-state index >= 15 is 0 Å². The number of likely N-dealkylation sites (tertiary alicyclic amines) is 1. The summed E-state index contributed by atoms with van der Waals surface area (Å²) in [5, 5.41) is 12.1. The monoisotopic (exact) mass is 307 g/mol. The van der Waals surface area contributed by atoms with Gasteiger partial charge in [-0.05, 0) is 30.5 Å². The maximum atomic E-state index is 11.0. The lowest BCUT2D eigenvalue weighted by Crippen LogP contribution is -2.42. The smallest absolute Gasteiger partial charge is 0.136 e. The van der Waals surface area contributed by atoms with E-state index in [1.807, 2.05) is 36.4 Å². The van der Waals surface area contributed by atoms with Crippen molar-refractivity contribution in [3.8, 4) is 0 Å². The number of furan rings is 1. The fourth-order valence-corrected chi connectivity index (χ4v) is 3.38. The van der Waals surface area contributed by atoms with Crippen LogP contribution in [0.4, 0.5) is 0 Å². The van der Waals surface area contributed by atoms with Gasteiger partial charge in [0.05, 0.1) is 0 Å². The van der Waals surface area contributed by atoms with Crippen LogP contribution in [0, 0.1) is 0 Å². The lowest BCUT2D eigenvalue weighted by Gasteiger charge is -2.36. The summed E-state index contributed by atoms with van der Waals surface area (Å²) in [6.45, 7) is 2.70. The first-order valence-electron chi connectivity index (χ1n) is 8.21. The summed E-state index contributed by atoms with van der Waals surface area (Å²) >= 11 is 0. The van der Waals surface area contributed by atoms with E-state index in [1.165, 1.54) is 5.56 Å². The molecule has 4 rings (SSSR count). The van der Waals surface area contributed by atoms with Gasteiger partial charge in [0, 0.05) is 25.0 Å². The van der Waals surface area contributed by atoms with Gasteiger partial charge < -0.3 is 9.52 Å². The molecule has 3 nitrogen and oxygen atoms in total. The molecule has 0 aliphatic carbocycles. The van der Waals surface area contributed by atoms with Crippen LogP contribution in [0.15, 0.2) is 65.1 Å². The molecule has 0 unspecified atom stereocenters. The lowest BCUT2D eigenvalue weighted by molar-refractivity contribution is -0.0426. The number of benzene rings is 2. The molecule has 0 saturated carbocycles. The Morgan fingerprint density at radius 1 is 0.957 bits per heavy atom. The normalized spacial score (nSPS) is 18.3. The highest BCUT2D eigenvalue weighted by Gasteiger charge is 2.36. The van der Waals surface area contributed by atoms with E-state index in [2.05, 4.69) is 29.2 Å². The summed E-state index contributed by atoms with van der Waals surface area (Å²) in [5.41, 5.74) is 1.33. The van der Waals surface area contributed by atoms with Crippen LogP contribution in [0.2, 0.25) is 0 Å². The number of hydrogen-bond donors (Lipinski definition) is 1. The van der Waals surface area contributed by atoms with Gasteiger partial charge in [0.1, 0.15) is 16.9 Å². The van der Waals surface area contributed by atoms with Crippen molar-refractivity contribution in [1.82, 2.24) is 4.90 Å². The van der Waals surface area contributed by atoms with E-state index in [1.54, 1.807) is 0 Å². The van der Waals surface area contributed by atoms with Gasteiger partial charge in [-0.15, -0.1) is 0 Å². The fourth-order valence-electron chi connectivity index (χ4n) is 3.38. The van der Waals surface area contributed by atoms with Gasteiger partial charge in [-0.3, -0.25) is 4.90 Å². The molecule has 1 N–H and O–H groups in total. The molecule has 0 bridgehead atoms. The predicted octanol–water partition coefficient (Wildman–Crippen LogP) is 3.92. The zero-order valence-electron chi connectivity index (χ0n) is 13.1. The minimum absolute atomic E-state index is 0.707. The van der Waals surface area contributed by atoms with E-state index < -0.39 is 5.60 Å². The van der Waals surface area contributed by atoms with Crippen molar-refractivity contribution in [3.63, 3.8) is 0 Å². The van der Waals surface area contributed by atoms with Gasteiger partial charge in [-0.1, -0.05) is 48.5 Å². The zero-order valence-corrected chi connectivity index (χ0v) is 13.1. The third-order valence-electron chi connectivity index (χ3n) is 4.82. The highest BCUT2D eigenvalue weighted by molar-refractivity contribution is 5.77. The SMILES string of the molecule is OC1(c2cc3ccccc3o2)CCN(Cc2ccccc2)CC1. The highest BCUT2D eigenvalue weighted by Crippen LogP contribution is 2.36. The Labute approximate surface area is 136 Å². The van der Waals surface area contributed by atoms with Gasteiger partial charge in [-0.25, -0.2) is 0 Å². The molecule has 0 spiro atoms. The van der Waals surface area contributed by atoms with Crippen LogP contribution < -0.4 is 0 Å². The highest BCUT2D eigenvalue weighted by atomic mass is 16.4. The number of nitrogens with zero attached hydrogens (tertiary/aromatic N) is 1. The third-order valence-corrected chi connectivity index (χ3v) is 4.82. The Morgan fingerprint density at radius 3 is 2.39 bits per heavy atom. The van der Waals surface area contributed by atoms with Crippen molar-refractivity contribution in [3.05, 3.63) is 72.0 Å². The molecule has 0 radical (unpaired) electrons. The summed E-state index contributed by atoms with van der Waals surface area (Å²) < 4.78 is 5.90. The molecule has 3 aromatic rings. The largest absolute Gasteiger partial charge is 0.458 e. The topological polar surface area (TPSA) is 36.6 Å². The molecule has 2 heterocycles. The van der Waals surface area contributed by atoms with Gasteiger partial charge in [0.2, 0.25) is 0 Å². The van der Waals surface area contributed by atoms with E-state index in [-0.39, 0.29) is 0 Å². The van der Waals surface area contributed by atoms with Crippen molar-refractivity contribution in [2.45, 2.75) is 25.0 Å². The first kappa shape index (κ1) is 14.5. The summed E-state index contributed by atoms with van der Waals surface area (Å²) in [5.74, 6) is 0.707. The van der Waals surface area contributed by atoms with Crippen molar-refractivity contribution < 1.29 is 9.52 Å². The molecule has 118 valence electrons. The van der Waals surface area contributed by atoms with Crippen molar-refractivity contribution in [2.75, 3.05) is 13.1 Å². The van der Waals surface area contributed by atoms with E-state index in [4.69, 9.17) is 4.42 Å².